The van der Waals surface area contributed by atoms with Gasteiger partial charge in [0.1, 0.15) is 21.5 Å². The Bertz CT molecular complexity index is 1230. The van der Waals surface area contributed by atoms with Gasteiger partial charge < -0.3 is 5.32 Å². The Kier molecular flexibility index (Phi) is 8.94. The van der Waals surface area contributed by atoms with Crippen molar-refractivity contribution < 1.29 is 35.2 Å². The normalized spacial score (nSPS) is 19.6. The fraction of sp³-hybridized carbons (Fsp3) is 0.583. The number of carbonyl (C=O) groups is 1. The second kappa shape index (κ2) is 11.3. The van der Waals surface area contributed by atoms with E-state index >= 15 is 0 Å². The first-order valence-corrected chi connectivity index (χ1v) is 14.2. The number of hydrogen-bond acceptors (Lipinski definition) is 4. The van der Waals surface area contributed by atoms with Crippen LogP contribution in [0.2, 0.25) is 5.02 Å². The van der Waals surface area contributed by atoms with Crippen LogP contribution in [-0.4, -0.2) is 48.3 Å². The average molecular weight is 570 g/mol. The quantitative estimate of drug-likeness (QED) is 0.421. The third-order valence-electron chi connectivity index (χ3n) is 6.80. The number of halogens is 6. The number of nitrogens with one attached hydrogen (secondary N) is 1. The maximum atomic E-state index is 15.0. The van der Waals surface area contributed by atoms with Gasteiger partial charge >= 0.3 is 6.18 Å². The molecule has 0 spiro atoms. The zero-order valence-corrected chi connectivity index (χ0v) is 22.2. The van der Waals surface area contributed by atoms with Gasteiger partial charge in [-0.2, -0.15) is 18.3 Å². The lowest BCUT2D eigenvalue weighted by molar-refractivity contribution is -0.169. The van der Waals surface area contributed by atoms with E-state index in [1.165, 1.54) is 6.26 Å². The molecule has 0 bridgehead atoms. The highest BCUT2D eigenvalue weighted by Gasteiger charge is 2.36. The van der Waals surface area contributed by atoms with Crippen molar-refractivity contribution >= 4 is 27.3 Å². The summed E-state index contributed by atoms with van der Waals surface area (Å²) in [6, 6.07) is 1.66. The number of aromatic nitrogens is 2. The van der Waals surface area contributed by atoms with E-state index in [-0.39, 0.29) is 46.2 Å². The van der Waals surface area contributed by atoms with Gasteiger partial charge in [-0.05, 0) is 62.6 Å². The third-order valence-corrected chi connectivity index (χ3v) is 8.84. The Morgan fingerprint density at radius 3 is 2.24 bits per heavy atom. The van der Waals surface area contributed by atoms with Crippen LogP contribution in [0.1, 0.15) is 55.6 Å². The Balaban J connectivity index is 1.79. The predicted molar refractivity (Wildman–Crippen MR) is 130 cm³/mol. The number of sulfone groups is 1. The lowest BCUT2D eigenvalue weighted by Gasteiger charge is -2.27. The van der Waals surface area contributed by atoms with Gasteiger partial charge in [0.2, 0.25) is 0 Å². The predicted octanol–water partition coefficient (Wildman–Crippen LogP) is 5.58. The molecule has 1 aromatic heterocycles. The molecule has 1 aliphatic carbocycles. The van der Waals surface area contributed by atoms with Crippen molar-refractivity contribution in [2.24, 2.45) is 11.8 Å². The molecule has 0 radical (unpaired) electrons. The minimum atomic E-state index is -4.51. The van der Waals surface area contributed by atoms with Crippen LogP contribution in [0.3, 0.4) is 0 Å². The summed E-state index contributed by atoms with van der Waals surface area (Å²) in [5, 5.41) is 6.15. The smallest absolute Gasteiger partial charge is 0.350 e. The van der Waals surface area contributed by atoms with Gasteiger partial charge in [-0.1, -0.05) is 18.5 Å². The Morgan fingerprint density at radius 2 is 1.76 bits per heavy atom. The van der Waals surface area contributed by atoms with Crippen LogP contribution >= 0.6 is 11.6 Å². The van der Waals surface area contributed by atoms with Crippen LogP contribution in [0.4, 0.5) is 22.0 Å². The van der Waals surface area contributed by atoms with Gasteiger partial charge in [-0.3, -0.25) is 9.48 Å². The molecule has 1 unspecified atom stereocenters. The third kappa shape index (κ3) is 6.81. The minimum Gasteiger partial charge on any atom is -0.350 e. The van der Waals surface area contributed by atoms with E-state index in [9.17, 15) is 35.2 Å². The summed E-state index contributed by atoms with van der Waals surface area (Å²) in [6.45, 7) is 2.93. The van der Waals surface area contributed by atoms with Crippen LogP contribution < -0.4 is 5.32 Å². The molecule has 1 fully saturated rings. The molecule has 206 valence electrons. The molecule has 0 saturated heterocycles. The molecule has 13 heteroatoms. The van der Waals surface area contributed by atoms with Crippen molar-refractivity contribution in [3.05, 3.63) is 40.0 Å². The summed E-state index contributed by atoms with van der Waals surface area (Å²) in [4.78, 5) is 12.8. The van der Waals surface area contributed by atoms with E-state index in [2.05, 4.69) is 10.4 Å². The van der Waals surface area contributed by atoms with Gasteiger partial charge in [0.25, 0.3) is 5.91 Å². The van der Waals surface area contributed by atoms with E-state index in [4.69, 9.17) is 11.6 Å². The Hall–Kier alpha value is -2.21. The van der Waals surface area contributed by atoms with Crippen LogP contribution in [0.15, 0.2) is 12.1 Å². The van der Waals surface area contributed by atoms with Gasteiger partial charge in [-0.25, -0.2) is 17.2 Å². The lowest BCUT2D eigenvalue weighted by atomic mass is 9.89. The number of carbonyl (C=O) groups excluding carboxylic acids is 1. The van der Waals surface area contributed by atoms with Crippen LogP contribution in [-0.2, 0) is 22.8 Å². The molecule has 1 amide bonds. The van der Waals surface area contributed by atoms with Crippen LogP contribution in [0.25, 0.3) is 11.3 Å². The molecular weight excluding hydrogens is 541 g/mol. The molecule has 0 aliphatic heterocycles. The average Bonchev–Trinajstić information content (AvgIpc) is 3.12. The van der Waals surface area contributed by atoms with Crippen molar-refractivity contribution in [3.63, 3.8) is 0 Å². The maximum absolute atomic E-state index is 15.0. The Labute approximate surface area is 217 Å². The maximum Gasteiger partial charge on any atom is 0.391 e. The van der Waals surface area contributed by atoms with E-state index in [0.717, 1.165) is 23.7 Å². The summed E-state index contributed by atoms with van der Waals surface area (Å²) in [6.07, 6.45) is -1.64. The highest BCUT2D eigenvalue weighted by Crippen LogP contribution is 2.36. The standard InChI is InChI=1S/C24H29ClF5N3O3S/c1-4-33-22(19-17(26)10-15(11-18(19)27)9-13(2)24(28,29)30)20(25)21(32-33)23(34)31-12-14-5-7-16(8-6-14)37(3,35)36/h10-11,13-14,16H,4-9,12H2,1-3H3,(H,31,34). The summed E-state index contributed by atoms with van der Waals surface area (Å²) in [5.74, 6) is -4.61. The molecule has 1 saturated carbocycles. The summed E-state index contributed by atoms with van der Waals surface area (Å²) < 4.78 is 93.2. The highest BCUT2D eigenvalue weighted by molar-refractivity contribution is 7.91. The number of hydrogen-bond donors (Lipinski definition) is 1. The topological polar surface area (TPSA) is 81.1 Å². The molecule has 1 N–H and O–H groups in total. The number of benzene rings is 1. The molecule has 37 heavy (non-hydrogen) atoms. The van der Waals surface area contributed by atoms with Crippen molar-refractivity contribution in [1.82, 2.24) is 15.1 Å². The number of aryl methyl sites for hydroxylation is 1. The summed E-state index contributed by atoms with van der Waals surface area (Å²) in [7, 11) is -3.11. The van der Waals surface area contributed by atoms with Crippen molar-refractivity contribution in [3.8, 4) is 11.3 Å². The van der Waals surface area contributed by atoms with Crippen molar-refractivity contribution in [2.75, 3.05) is 12.8 Å². The zero-order valence-electron chi connectivity index (χ0n) is 20.6. The Morgan fingerprint density at radius 1 is 1.19 bits per heavy atom. The van der Waals surface area contributed by atoms with Crippen molar-refractivity contribution in [1.29, 1.82) is 0 Å². The molecule has 1 aliphatic rings. The lowest BCUT2D eigenvalue weighted by Crippen LogP contribution is -2.34. The monoisotopic (exact) mass is 569 g/mol. The molecule has 3 rings (SSSR count). The van der Waals surface area contributed by atoms with E-state index in [1.807, 2.05) is 0 Å². The fourth-order valence-corrected chi connectivity index (χ4v) is 6.02. The fourth-order valence-electron chi connectivity index (χ4n) is 4.58. The second-order valence-electron chi connectivity index (χ2n) is 9.59. The van der Waals surface area contributed by atoms with Gasteiger partial charge in [-0.15, -0.1) is 0 Å². The van der Waals surface area contributed by atoms with E-state index in [0.29, 0.717) is 25.7 Å². The molecular formula is C24H29ClF5N3O3S. The first kappa shape index (κ1) is 29.3. The molecule has 1 aromatic carbocycles. The SMILES string of the molecule is CCn1nc(C(=O)NCC2CCC(S(C)(=O)=O)CC2)c(Cl)c1-c1c(F)cc(CC(C)C(F)(F)F)cc1F. The van der Waals surface area contributed by atoms with Gasteiger partial charge in [0.05, 0.1) is 27.4 Å². The molecule has 2 aromatic rings. The van der Waals surface area contributed by atoms with Crippen molar-refractivity contribution in [2.45, 2.75) is 63.9 Å². The first-order chi connectivity index (χ1) is 17.1. The van der Waals surface area contributed by atoms with E-state index < -0.39 is 51.5 Å². The first-order valence-electron chi connectivity index (χ1n) is 11.9. The second-order valence-corrected chi connectivity index (χ2v) is 12.3. The van der Waals surface area contributed by atoms with E-state index in [1.54, 1.807) is 6.92 Å². The van der Waals surface area contributed by atoms with Crippen LogP contribution in [0.5, 0.6) is 0 Å². The highest BCUT2D eigenvalue weighted by atomic mass is 35.5. The van der Waals surface area contributed by atoms with Gasteiger partial charge in [0.15, 0.2) is 5.69 Å². The number of rotatable bonds is 8. The molecule has 6 nitrogen and oxygen atoms in total. The molecule has 1 heterocycles. The number of alkyl halides is 3. The van der Waals surface area contributed by atoms with Crippen LogP contribution in [0, 0.1) is 23.5 Å². The number of nitrogens with zero attached hydrogens (tertiary/aromatic N) is 2. The number of amides is 1. The summed E-state index contributed by atoms with van der Waals surface area (Å²) in [5.41, 5.74) is -1.17. The zero-order chi connectivity index (χ0) is 27.7. The molecule has 1 atom stereocenters. The van der Waals surface area contributed by atoms with Gasteiger partial charge in [0, 0.05) is 19.3 Å². The largest absolute Gasteiger partial charge is 0.391 e. The minimum absolute atomic E-state index is 0.0648. The summed E-state index contributed by atoms with van der Waals surface area (Å²) >= 11 is 6.36.